The molecule has 1 heterocycles. The second-order valence-electron chi connectivity index (χ2n) is 5.55. The van der Waals surface area contributed by atoms with Crippen molar-refractivity contribution >= 4 is 11.9 Å². The lowest BCUT2D eigenvalue weighted by atomic mass is 9.74. The van der Waals surface area contributed by atoms with E-state index in [1.165, 1.54) is 7.11 Å². The van der Waals surface area contributed by atoms with Crippen LogP contribution in [0.4, 0.5) is 0 Å². The molecule has 5 nitrogen and oxygen atoms in total. The number of rotatable bonds is 5. The topological polar surface area (TPSA) is 70.4 Å². The highest BCUT2D eigenvalue weighted by Crippen LogP contribution is 2.35. The second kappa shape index (κ2) is 7.08. The minimum absolute atomic E-state index is 0.0264. The summed E-state index contributed by atoms with van der Waals surface area (Å²) in [6.45, 7) is 1.08. The van der Waals surface area contributed by atoms with Crippen LogP contribution in [0.25, 0.3) is 0 Å². The van der Waals surface area contributed by atoms with Crippen LogP contribution in [-0.4, -0.2) is 37.0 Å². The molecule has 0 spiro atoms. The van der Waals surface area contributed by atoms with Crippen molar-refractivity contribution in [1.29, 1.82) is 5.26 Å². The van der Waals surface area contributed by atoms with Crippen molar-refractivity contribution in [3.05, 3.63) is 35.9 Å². The first-order valence-corrected chi connectivity index (χ1v) is 7.43. The van der Waals surface area contributed by atoms with Crippen molar-refractivity contribution in [2.24, 2.45) is 0 Å². The fourth-order valence-electron chi connectivity index (χ4n) is 2.83. The SMILES string of the molecule is COC(=O)CCCN1CC[C@](C#N)(c2ccccc2)CC1=O. The molecular formula is C17H20N2O3. The molecular weight excluding hydrogens is 280 g/mol. The fraction of sp³-hybridized carbons (Fsp3) is 0.471. The lowest BCUT2D eigenvalue weighted by Crippen LogP contribution is -2.46. The van der Waals surface area contributed by atoms with Crippen LogP contribution in [0.5, 0.6) is 0 Å². The van der Waals surface area contributed by atoms with Gasteiger partial charge in [-0.1, -0.05) is 30.3 Å². The van der Waals surface area contributed by atoms with Gasteiger partial charge < -0.3 is 9.64 Å². The normalized spacial score (nSPS) is 21.3. The van der Waals surface area contributed by atoms with Crippen LogP contribution in [0.15, 0.2) is 30.3 Å². The molecule has 2 rings (SSSR count). The number of hydrogen-bond acceptors (Lipinski definition) is 4. The van der Waals surface area contributed by atoms with Crippen LogP contribution in [0.3, 0.4) is 0 Å². The summed E-state index contributed by atoms with van der Waals surface area (Å²) < 4.78 is 4.59. The van der Waals surface area contributed by atoms with E-state index in [-0.39, 0.29) is 18.3 Å². The van der Waals surface area contributed by atoms with Crippen molar-refractivity contribution < 1.29 is 14.3 Å². The number of carbonyl (C=O) groups excluding carboxylic acids is 2. The van der Waals surface area contributed by atoms with Gasteiger partial charge in [-0.25, -0.2) is 0 Å². The summed E-state index contributed by atoms with van der Waals surface area (Å²) in [6, 6.07) is 11.8. The van der Waals surface area contributed by atoms with Gasteiger partial charge in [0.05, 0.1) is 18.6 Å². The number of nitrogens with zero attached hydrogens (tertiary/aromatic N) is 2. The number of hydrogen-bond donors (Lipinski definition) is 0. The maximum atomic E-state index is 12.3. The minimum Gasteiger partial charge on any atom is -0.469 e. The molecule has 0 bridgehead atoms. The highest BCUT2D eigenvalue weighted by atomic mass is 16.5. The molecule has 1 saturated heterocycles. The first-order valence-electron chi connectivity index (χ1n) is 7.43. The average molecular weight is 300 g/mol. The van der Waals surface area contributed by atoms with E-state index in [2.05, 4.69) is 10.8 Å². The largest absolute Gasteiger partial charge is 0.469 e. The van der Waals surface area contributed by atoms with E-state index < -0.39 is 5.41 Å². The Hall–Kier alpha value is -2.35. The number of nitriles is 1. The lowest BCUT2D eigenvalue weighted by Gasteiger charge is -2.37. The summed E-state index contributed by atoms with van der Waals surface area (Å²) in [6.07, 6.45) is 1.72. The molecule has 0 unspecified atom stereocenters. The molecule has 1 aromatic carbocycles. The number of amides is 1. The van der Waals surface area contributed by atoms with Crippen molar-refractivity contribution in [2.45, 2.75) is 31.1 Å². The molecule has 0 saturated carbocycles. The van der Waals surface area contributed by atoms with Crippen molar-refractivity contribution in [1.82, 2.24) is 4.90 Å². The summed E-state index contributed by atoms with van der Waals surface area (Å²) >= 11 is 0. The van der Waals surface area contributed by atoms with E-state index in [4.69, 9.17) is 0 Å². The number of esters is 1. The standard InChI is InChI=1S/C17H20N2O3/c1-22-16(21)8-5-10-19-11-9-17(13-18,12-15(19)20)14-6-3-2-4-7-14/h2-4,6-7H,5,8-12H2,1H3/t17-/m0/s1. The minimum atomic E-state index is -0.725. The number of carbonyl (C=O) groups is 2. The Bertz CT molecular complexity index is 579. The number of piperidine rings is 1. The first-order chi connectivity index (χ1) is 10.6. The van der Waals surface area contributed by atoms with E-state index in [1.807, 2.05) is 30.3 Å². The van der Waals surface area contributed by atoms with Gasteiger partial charge in [-0.05, 0) is 18.4 Å². The summed E-state index contributed by atoms with van der Waals surface area (Å²) in [7, 11) is 1.36. The lowest BCUT2D eigenvalue weighted by molar-refractivity contribution is -0.142. The third-order valence-corrected chi connectivity index (χ3v) is 4.19. The van der Waals surface area contributed by atoms with Crippen LogP contribution in [0, 0.1) is 11.3 Å². The van der Waals surface area contributed by atoms with Gasteiger partial charge in [-0.3, -0.25) is 9.59 Å². The summed E-state index contributed by atoms with van der Waals surface area (Å²) in [5.41, 5.74) is 0.178. The predicted octanol–water partition coefficient (Wildman–Crippen LogP) is 2.02. The number of methoxy groups -OCH3 is 1. The molecule has 1 atom stereocenters. The maximum absolute atomic E-state index is 12.3. The molecule has 0 radical (unpaired) electrons. The maximum Gasteiger partial charge on any atom is 0.305 e. The first kappa shape index (κ1) is 16.0. The van der Waals surface area contributed by atoms with Crippen LogP contribution in [-0.2, 0) is 19.7 Å². The van der Waals surface area contributed by atoms with Crippen molar-refractivity contribution in [2.75, 3.05) is 20.2 Å². The van der Waals surface area contributed by atoms with Crippen LogP contribution < -0.4 is 0 Å². The summed E-state index contributed by atoms with van der Waals surface area (Å²) in [4.78, 5) is 25.2. The Morgan fingerprint density at radius 1 is 1.41 bits per heavy atom. The highest BCUT2D eigenvalue weighted by Gasteiger charge is 2.40. The monoisotopic (exact) mass is 300 g/mol. The molecule has 1 fully saturated rings. The van der Waals surface area contributed by atoms with E-state index in [1.54, 1.807) is 4.90 Å². The summed E-state index contributed by atoms with van der Waals surface area (Å²) in [5, 5.41) is 9.60. The second-order valence-corrected chi connectivity index (χ2v) is 5.55. The molecule has 0 aliphatic carbocycles. The Morgan fingerprint density at radius 2 is 2.14 bits per heavy atom. The zero-order chi connectivity index (χ0) is 16.0. The Kier molecular flexibility index (Phi) is 5.16. The van der Waals surface area contributed by atoms with Crippen molar-refractivity contribution in [3.8, 4) is 6.07 Å². The Balaban J connectivity index is 1.98. The van der Waals surface area contributed by atoms with E-state index >= 15 is 0 Å². The number of ether oxygens (including phenoxy) is 1. The van der Waals surface area contributed by atoms with Crippen LogP contribution in [0.1, 0.15) is 31.2 Å². The zero-order valence-electron chi connectivity index (χ0n) is 12.7. The highest BCUT2D eigenvalue weighted by molar-refractivity contribution is 5.80. The molecule has 22 heavy (non-hydrogen) atoms. The quantitative estimate of drug-likeness (QED) is 0.780. The predicted molar refractivity (Wildman–Crippen MR) is 80.8 cm³/mol. The fourth-order valence-corrected chi connectivity index (χ4v) is 2.83. The molecule has 116 valence electrons. The third-order valence-electron chi connectivity index (χ3n) is 4.19. The average Bonchev–Trinajstić information content (AvgIpc) is 2.57. The molecule has 5 heteroatoms. The van der Waals surface area contributed by atoms with E-state index in [0.29, 0.717) is 32.4 Å². The van der Waals surface area contributed by atoms with Crippen LogP contribution >= 0.6 is 0 Å². The Morgan fingerprint density at radius 3 is 2.73 bits per heavy atom. The van der Waals surface area contributed by atoms with Gasteiger partial charge in [-0.2, -0.15) is 5.26 Å². The summed E-state index contributed by atoms with van der Waals surface area (Å²) in [5.74, 6) is -0.290. The molecule has 0 aromatic heterocycles. The molecule has 1 aliphatic heterocycles. The van der Waals surface area contributed by atoms with Gasteiger partial charge in [0.1, 0.15) is 0 Å². The molecule has 0 N–H and O–H groups in total. The number of likely N-dealkylation sites (tertiary alicyclic amines) is 1. The molecule has 1 aliphatic rings. The molecule has 1 aromatic rings. The Labute approximate surface area is 130 Å². The van der Waals surface area contributed by atoms with Crippen LogP contribution in [0.2, 0.25) is 0 Å². The van der Waals surface area contributed by atoms with Gasteiger partial charge in [0, 0.05) is 25.9 Å². The van der Waals surface area contributed by atoms with E-state index in [9.17, 15) is 14.9 Å². The third kappa shape index (κ3) is 3.45. The van der Waals surface area contributed by atoms with Gasteiger partial charge >= 0.3 is 5.97 Å². The van der Waals surface area contributed by atoms with Gasteiger partial charge in [0.25, 0.3) is 0 Å². The van der Waals surface area contributed by atoms with Gasteiger partial charge in [0.15, 0.2) is 0 Å². The number of benzene rings is 1. The zero-order valence-corrected chi connectivity index (χ0v) is 12.7. The van der Waals surface area contributed by atoms with E-state index in [0.717, 1.165) is 5.56 Å². The van der Waals surface area contributed by atoms with Crippen molar-refractivity contribution in [3.63, 3.8) is 0 Å². The smallest absolute Gasteiger partial charge is 0.305 e. The van der Waals surface area contributed by atoms with Gasteiger partial charge in [0.2, 0.25) is 5.91 Å². The van der Waals surface area contributed by atoms with Gasteiger partial charge in [-0.15, -0.1) is 0 Å². The molecule has 1 amide bonds.